The summed E-state index contributed by atoms with van der Waals surface area (Å²) in [6.45, 7) is 8.72. The van der Waals surface area contributed by atoms with Crippen LogP contribution in [0.4, 0.5) is 0 Å². The topological polar surface area (TPSA) is 65.4 Å². The molecular formula is C29H39N3O3S. The second-order valence-electron chi connectivity index (χ2n) is 9.67. The van der Waals surface area contributed by atoms with Crippen LogP contribution in [0.2, 0.25) is 0 Å². The predicted molar refractivity (Wildman–Crippen MR) is 147 cm³/mol. The van der Waals surface area contributed by atoms with E-state index in [1.807, 2.05) is 37.3 Å². The van der Waals surface area contributed by atoms with Crippen LogP contribution in [0.1, 0.15) is 68.4 Å². The van der Waals surface area contributed by atoms with Crippen molar-refractivity contribution in [3.8, 4) is 27.7 Å². The summed E-state index contributed by atoms with van der Waals surface area (Å²) < 4.78 is 13.5. The Morgan fingerprint density at radius 3 is 2.78 bits per heavy atom. The van der Waals surface area contributed by atoms with E-state index in [1.165, 1.54) is 12.8 Å². The Morgan fingerprint density at radius 1 is 1.31 bits per heavy atom. The van der Waals surface area contributed by atoms with Gasteiger partial charge in [-0.3, -0.25) is 4.79 Å². The van der Waals surface area contributed by atoms with E-state index >= 15 is 0 Å². The van der Waals surface area contributed by atoms with Crippen molar-refractivity contribution in [2.75, 3.05) is 20.3 Å². The summed E-state index contributed by atoms with van der Waals surface area (Å²) in [5, 5.41) is 6.24. The van der Waals surface area contributed by atoms with Crippen LogP contribution in [0.25, 0.3) is 22.0 Å². The first-order chi connectivity index (χ1) is 17.5. The second kappa shape index (κ2) is 12.5. The molecule has 6 nitrogen and oxygen atoms in total. The van der Waals surface area contributed by atoms with Gasteiger partial charge in [-0.05, 0) is 62.4 Å². The van der Waals surface area contributed by atoms with Crippen LogP contribution in [0, 0.1) is 12.8 Å². The van der Waals surface area contributed by atoms with Crippen molar-refractivity contribution in [1.29, 1.82) is 0 Å². The molecule has 1 saturated heterocycles. The largest absolute Gasteiger partial charge is 0.497 e. The first-order valence-corrected chi connectivity index (χ1v) is 14.1. The number of ether oxygens (including phenoxy) is 2. The number of benzene rings is 1. The molecule has 1 aliphatic heterocycles. The summed E-state index contributed by atoms with van der Waals surface area (Å²) >= 11 is 1.61. The van der Waals surface area contributed by atoms with E-state index in [4.69, 9.17) is 14.5 Å². The maximum Gasteiger partial charge on any atom is 0.253 e. The highest BCUT2D eigenvalue weighted by molar-refractivity contribution is 7.13. The fourth-order valence-electron chi connectivity index (χ4n) is 4.85. The van der Waals surface area contributed by atoms with Crippen LogP contribution in [-0.4, -0.2) is 41.8 Å². The van der Waals surface area contributed by atoms with Crippen molar-refractivity contribution in [1.82, 2.24) is 14.9 Å². The summed E-state index contributed by atoms with van der Waals surface area (Å²) in [5.74, 6) is 1.35. The zero-order chi connectivity index (χ0) is 25.5. The molecule has 0 aliphatic carbocycles. The predicted octanol–water partition coefficient (Wildman–Crippen LogP) is 6.72. The van der Waals surface area contributed by atoms with Crippen LogP contribution in [0.15, 0.2) is 35.7 Å². The number of aromatic nitrogens is 2. The highest BCUT2D eigenvalue weighted by Crippen LogP contribution is 2.33. The van der Waals surface area contributed by atoms with Crippen molar-refractivity contribution in [2.24, 2.45) is 5.92 Å². The lowest BCUT2D eigenvalue weighted by molar-refractivity contribution is 0.0935. The number of nitrogens with zero attached hydrogens (tertiary/aromatic N) is 2. The molecule has 0 saturated carbocycles. The van der Waals surface area contributed by atoms with Crippen molar-refractivity contribution in [3.63, 3.8) is 0 Å². The number of nitrogens with one attached hydrogen (secondary N) is 1. The van der Waals surface area contributed by atoms with Crippen LogP contribution in [0.3, 0.4) is 0 Å². The van der Waals surface area contributed by atoms with Crippen LogP contribution < -0.4 is 10.1 Å². The number of hydrogen-bond acceptors (Lipinski definition) is 5. The molecule has 1 aliphatic rings. The Hall–Kier alpha value is -2.64. The van der Waals surface area contributed by atoms with Crippen molar-refractivity contribution in [2.45, 2.75) is 71.9 Å². The van der Waals surface area contributed by atoms with Crippen LogP contribution >= 0.6 is 11.3 Å². The molecule has 3 heterocycles. The molecular weight excluding hydrogens is 470 g/mol. The van der Waals surface area contributed by atoms with Gasteiger partial charge in [-0.15, -0.1) is 11.3 Å². The van der Waals surface area contributed by atoms with Gasteiger partial charge in [0.05, 0.1) is 30.2 Å². The summed E-state index contributed by atoms with van der Waals surface area (Å²) in [6, 6.07) is 9.97. The van der Waals surface area contributed by atoms with Gasteiger partial charge < -0.3 is 19.4 Å². The van der Waals surface area contributed by atoms with Gasteiger partial charge in [-0.1, -0.05) is 33.1 Å². The van der Waals surface area contributed by atoms with Crippen molar-refractivity contribution in [3.05, 3.63) is 47.0 Å². The number of hydrogen-bond donors (Lipinski definition) is 1. The van der Waals surface area contributed by atoms with Crippen molar-refractivity contribution < 1.29 is 14.3 Å². The van der Waals surface area contributed by atoms with Gasteiger partial charge in [0, 0.05) is 36.3 Å². The van der Waals surface area contributed by atoms with Gasteiger partial charge in [0.2, 0.25) is 0 Å². The maximum atomic E-state index is 13.3. The van der Waals surface area contributed by atoms with Gasteiger partial charge in [-0.25, -0.2) is 4.98 Å². The monoisotopic (exact) mass is 509 g/mol. The molecule has 7 heteroatoms. The molecule has 1 amide bonds. The summed E-state index contributed by atoms with van der Waals surface area (Å²) in [5.41, 5.74) is 4.62. The van der Waals surface area contributed by atoms with Gasteiger partial charge in [0.1, 0.15) is 10.8 Å². The summed E-state index contributed by atoms with van der Waals surface area (Å²) in [6.07, 6.45) is 6.93. The van der Waals surface area contributed by atoms with E-state index in [2.05, 4.69) is 29.1 Å². The highest BCUT2D eigenvalue weighted by atomic mass is 32.1. The third-order valence-electron chi connectivity index (χ3n) is 7.22. The maximum absolute atomic E-state index is 13.3. The third kappa shape index (κ3) is 6.19. The molecule has 1 aromatic carbocycles. The van der Waals surface area contributed by atoms with E-state index in [1.54, 1.807) is 18.4 Å². The summed E-state index contributed by atoms with van der Waals surface area (Å²) in [4.78, 5) is 18.3. The first kappa shape index (κ1) is 26.4. The van der Waals surface area contributed by atoms with E-state index in [0.29, 0.717) is 5.92 Å². The Balaban J connectivity index is 1.60. The smallest absolute Gasteiger partial charge is 0.253 e. The average molecular weight is 510 g/mol. The molecule has 2 atom stereocenters. The molecule has 0 bridgehead atoms. The third-order valence-corrected chi connectivity index (χ3v) is 8.11. The van der Waals surface area contributed by atoms with E-state index in [0.717, 1.165) is 84.3 Å². The number of carbonyl (C=O) groups is 1. The lowest BCUT2D eigenvalue weighted by Crippen LogP contribution is -2.29. The van der Waals surface area contributed by atoms with Crippen LogP contribution in [0.5, 0.6) is 5.75 Å². The molecule has 2 aromatic heterocycles. The van der Waals surface area contributed by atoms with Gasteiger partial charge in [-0.2, -0.15) is 0 Å². The molecule has 194 valence electrons. The van der Waals surface area contributed by atoms with Crippen molar-refractivity contribution >= 4 is 17.2 Å². The minimum atomic E-state index is 0.000367. The summed E-state index contributed by atoms with van der Waals surface area (Å²) in [7, 11) is 1.67. The zero-order valence-corrected chi connectivity index (χ0v) is 22.8. The van der Waals surface area contributed by atoms with Crippen LogP contribution in [-0.2, 0) is 11.3 Å². The molecule has 36 heavy (non-hydrogen) atoms. The molecule has 2 unspecified atom stereocenters. The lowest BCUT2D eigenvalue weighted by atomic mass is 9.99. The van der Waals surface area contributed by atoms with Gasteiger partial charge in [0.25, 0.3) is 5.91 Å². The SMILES string of the molecule is CCCCC(CC)CNC(=O)c1cc(-c2csc(-c3ccc(OC)cc3)n2)n(CC2CCCO2)c1C. The van der Waals surface area contributed by atoms with E-state index < -0.39 is 0 Å². The number of methoxy groups -OCH3 is 1. The first-order valence-electron chi connectivity index (χ1n) is 13.2. The van der Waals surface area contributed by atoms with Gasteiger partial charge in [0.15, 0.2) is 0 Å². The molecule has 0 radical (unpaired) electrons. The molecule has 4 rings (SSSR count). The van der Waals surface area contributed by atoms with E-state index in [-0.39, 0.29) is 12.0 Å². The number of carbonyl (C=O) groups excluding carboxylic acids is 1. The van der Waals surface area contributed by atoms with Gasteiger partial charge >= 0.3 is 0 Å². The highest BCUT2D eigenvalue weighted by Gasteiger charge is 2.24. The second-order valence-corrected chi connectivity index (χ2v) is 10.5. The Kier molecular flexibility index (Phi) is 9.21. The molecule has 3 aromatic rings. The number of thiazole rings is 1. The Labute approximate surface area is 219 Å². The fourth-order valence-corrected chi connectivity index (χ4v) is 5.67. The minimum absolute atomic E-state index is 0.000367. The Morgan fingerprint density at radius 2 is 2.11 bits per heavy atom. The fraction of sp³-hybridized carbons (Fsp3) is 0.517. The lowest BCUT2D eigenvalue weighted by Gasteiger charge is -2.16. The zero-order valence-electron chi connectivity index (χ0n) is 22.0. The molecule has 1 fully saturated rings. The molecule has 0 spiro atoms. The molecule has 1 N–H and O–H groups in total. The van der Waals surface area contributed by atoms with E-state index in [9.17, 15) is 4.79 Å². The number of rotatable bonds is 12. The Bertz CT molecular complexity index is 1130. The number of unbranched alkanes of at least 4 members (excludes halogenated alkanes) is 1. The standard InChI is InChI=1S/C29H39N3O3S/c1-5-7-9-21(6-2)17-30-28(33)25-16-27(32(20(25)3)18-24-10-8-15-35-24)26-19-36-29(31-26)22-11-13-23(34-4)14-12-22/h11-14,16,19,21,24H,5-10,15,17-18H2,1-4H3,(H,30,33). The quantitative estimate of drug-likeness (QED) is 0.294. The number of amides is 1. The average Bonchev–Trinajstić information content (AvgIpc) is 3.66. The normalized spacial score (nSPS) is 16.3. The minimum Gasteiger partial charge on any atom is -0.497 e.